The van der Waals surface area contributed by atoms with Gasteiger partial charge in [0, 0.05) is 12.5 Å². The zero-order valence-electron chi connectivity index (χ0n) is 34.2. The molecule has 0 bridgehead atoms. The maximum atomic E-state index is 15.7. The number of nitrogens with one attached hydrogen (secondary N) is 1. The highest BCUT2D eigenvalue weighted by Gasteiger charge is 3.02. The maximum absolute atomic E-state index is 15.7. The fourth-order valence-electron chi connectivity index (χ4n) is 5.19. The van der Waals surface area contributed by atoms with Gasteiger partial charge in [-0.05, 0) is 13.0 Å². The van der Waals surface area contributed by atoms with Crippen LogP contribution >= 0.6 is 0 Å². The quantitative estimate of drug-likeness (QED) is 0.0408. The summed E-state index contributed by atoms with van der Waals surface area (Å²) < 4.78 is 528. The molecular weight excluding hydrogens is 1200 g/mol. The summed E-state index contributed by atoms with van der Waals surface area (Å²) in [5.74, 6) is -174. The lowest BCUT2D eigenvalue weighted by atomic mass is 9.81. The number of ether oxygens (including phenoxy) is 1. The molecule has 0 aliphatic rings. The number of hydrogen-bond donors (Lipinski definition) is 1. The standard InChI is InChI=1S/C31H10F37N3O5/c1-7-10(69-4-72)3-9(13(75)71-6-76-8(2)74)11(12(7)70-5-73)14(32,33)15(34,35)16(36,37)17(38,39)18(40,41)19(42,43)20(44,45)21(46,47)22(48,49)23(50,51)24(52,53)25(54,55)26(56,57)27(58,59)28(60,61)29(62,63)30(64,65)31(66,67)68/h3H,6H2,1-2H3,(H,71,75). The number of isocyanates is 2. The van der Waals surface area contributed by atoms with Crippen molar-refractivity contribution < 1.29 is 186 Å². The van der Waals surface area contributed by atoms with Gasteiger partial charge in [-0.15, -0.1) is 0 Å². The second kappa shape index (κ2) is 18.8. The van der Waals surface area contributed by atoms with E-state index in [4.69, 9.17) is 0 Å². The van der Waals surface area contributed by atoms with Gasteiger partial charge >= 0.3 is 113 Å². The molecule has 0 saturated heterocycles. The molecule has 0 atom stereocenters. The first-order valence-corrected chi connectivity index (χ1v) is 17.1. The molecule has 45 heteroatoms. The van der Waals surface area contributed by atoms with Crippen LogP contribution in [0.5, 0.6) is 0 Å². The summed E-state index contributed by atoms with van der Waals surface area (Å²) in [6, 6.07) is -0.593. The van der Waals surface area contributed by atoms with Crippen molar-refractivity contribution >= 4 is 35.4 Å². The van der Waals surface area contributed by atoms with Crippen LogP contribution in [-0.4, -0.2) is 132 Å². The summed E-state index contributed by atoms with van der Waals surface area (Å²) in [7, 11) is 0. The maximum Gasteiger partial charge on any atom is 0.460 e. The Kier molecular flexibility index (Phi) is 16.9. The van der Waals surface area contributed by atoms with Crippen LogP contribution in [0.1, 0.15) is 28.4 Å². The minimum atomic E-state index is -10.6. The molecule has 0 aliphatic carbocycles. The van der Waals surface area contributed by atoms with Gasteiger partial charge in [0.2, 0.25) is 12.2 Å². The smallest absolute Gasteiger partial charge is 0.445 e. The van der Waals surface area contributed by atoms with E-state index in [0.717, 1.165) is 5.32 Å². The van der Waals surface area contributed by atoms with E-state index in [1.165, 1.54) is 0 Å². The molecule has 438 valence electrons. The molecule has 0 aliphatic heterocycles. The zero-order chi connectivity index (χ0) is 61.7. The zero-order valence-corrected chi connectivity index (χ0v) is 34.2. The Hall–Kier alpha value is -5.67. The molecule has 0 heterocycles. The molecule has 0 unspecified atom stereocenters. The van der Waals surface area contributed by atoms with Crippen molar-refractivity contribution in [3.63, 3.8) is 0 Å². The molecule has 1 aromatic carbocycles. The number of halogens is 37. The van der Waals surface area contributed by atoms with Crippen LogP contribution < -0.4 is 5.32 Å². The van der Waals surface area contributed by atoms with Gasteiger partial charge in [0.15, 0.2) is 6.73 Å². The number of amides is 1. The Morgan fingerprint density at radius 3 is 0.921 bits per heavy atom. The molecule has 0 aromatic heterocycles. The van der Waals surface area contributed by atoms with Crippen molar-refractivity contribution in [1.82, 2.24) is 5.32 Å². The van der Waals surface area contributed by atoms with Gasteiger partial charge in [0.05, 0.1) is 22.5 Å². The Morgan fingerprint density at radius 1 is 0.434 bits per heavy atom. The second-order valence-corrected chi connectivity index (χ2v) is 14.2. The van der Waals surface area contributed by atoms with E-state index in [1.807, 2.05) is 0 Å². The summed E-state index contributed by atoms with van der Waals surface area (Å²) >= 11 is 0. The predicted molar refractivity (Wildman–Crippen MR) is 160 cm³/mol. The Labute approximate surface area is 388 Å². The third kappa shape index (κ3) is 8.64. The molecule has 1 N–H and O–H groups in total. The highest BCUT2D eigenvalue weighted by molar-refractivity contribution is 5.99. The third-order valence-electron chi connectivity index (χ3n) is 9.58. The van der Waals surface area contributed by atoms with E-state index < -0.39 is 160 Å². The summed E-state index contributed by atoms with van der Waals surface area (Å²) in [6.07, 6.45) is -8.00. The lowest BCUT2D eigenvalue weighted by molar-refractivity contribution is -0.493. The molecule has 0 spiro atoms. The third-order valence-corrected chi connectivity index (χ3v) is 9.58. The number of aliphatic imine (C=N–C) groups is 2. The highest BCUT2D eigenvalue weighted by atomic mass is 19.4. The number of rotatable bonds is 22. The fraction of sp³-hybridized carbons (Fsp3) is 0.677. The number of carbonyl (C=O) groups excluding carboxylic acids is 4. The Balaban J connectivity index is 4.35. The summed E-state index contributed by atoms with van der Waals surface area (Å²) in [5.41, 5.74) is -12.2. The van der Waals surface area contributed by atoms with Crippen molar-refractivity contribution in [3.05, 3.63) is 22.8 Å². The average Bonchev–Trinajstić information content (AvgIpc) is 3.23. The first-order valence-electron chi connectivity index (χ1n) is 17.1. The summed E-state index contributed by atoms with van der Waals surface area (Å²) in [6.45, 7) is -1.25. The van der Waals surface area contributed by atoms with E-state index in [0.29, 0.717) is 13.0 Å². The summed E-state index contributed by atoms with van der Waals surface area (Å²) in [5, 5.41) is 1.03. The largest absolute Gasteiger partial charge is 0.460 e. The van der Waals surface area contributed by atoms with E-state index in [1.54, 1.807) is 0 Å². The van der Waals surface area contributed by atoms with Crippen molar-refractivity contribution in [2.45, 2.75) is 121 Å². The minimum absolute atomic E-state index is 0.0531. The number of nitrogens with zero attached hydrogens (tertiary/aromatic N) is 2. The van der Waals surface area contributed by atoms with Gasteiger partial charge < -0.3 is 10.1 Å². The van der Waals surface area contributed by atoms with E-state index in [9.17, 15) is 164 Å². The van der Waals surface area contributed by atoms with E-state index in [2.05, 4.69) is 14.7 Å². The first-order chi connectivity index (χ1) is 32.9. The van der Waals surface area contributed by atoms with Crippen LogP contribution in [0.4, 0.5) is 174 Å². The highest BCUT2D eigenvalue weighted by Crippen LogP contribution is 2.71. The molecule has 8 nitrogen and oxygen atoms in total. The normalized spacial score (nSPS) is 15.5. The molecule has 1 rings (SSSR count). The van der Waals surface area contributed by atoms with Crippen LogP contribution in [0.15, 0.2) is 16.1 Å². The topological polar surface area (TPSA) is 114 Å². The fourth-order valence-corrected chi connectivity index (χ4v) is 5.19. The van der Waals surface area contributed by atoms with Gasteiger partial charge in [-0.1, -0.05) is 0 Å². The van der Waals surface area contributed by atoms with Crippen LogP contribution in [0.25, 0.3) is 0 Å². The second-order valence-electron chi connectivity index (χ2n) is 14.2. The van der Waals surface area contributed by atoms with Crippen LogP contribution in [0.3, 0.4) is 0 Å². The van der Waals surface area contributed by atoms with Crippen LogP contribution in [0.2, 0.25) is 0 Å². The number of carbonyl (C=O) groups is 2. The number of benzene rings is 1. The molecule has 0 radical (unpaired) electrons. The SMILES string of the molecule is CC(=O)OCNC(=O)c1cc(N=C=O)c(C)c(N=C=O)c1C(F)(F)C(F)(F)C(F)(F)C(F)(F)C(F)(F)C(F)(F)C(F)(F)C(F)(F)C(F)(F)C(F)(F)C(F)(F)C(F)(F)C(F)(F)C(F)(F)C(F)(F)C(F)(F)C(F)(F)C(F)(F)F. The Bertz CT molecular complexity index is 2500. The van der Waals surface area contributed by atoms with Gasteiger partial charge in [-0.25, -0.2) is 9.59 Å². The van der Waals surface area contributed by atoms with Gasteiger partial charge in [-0.3, -0.25) is 9.59 Å². The lowest BCUT2D eigenvalue weighted by Gasteiger charge is -2.47. The molecule has 1 amide bonds. The monoisotopic (exact) mass is 1210 g/mol. The van der Waals surface area contributed by atoms with Crippen LogP contribution in [-0.2, 0) is 25.0 Å². The molecule has 0 fully saturated rings. The minimum Gasteiger partial charge on any atom is -0.445 e. The Morgan fingerprint density at radius 2 is 0.684 bits per heavy atom. The number of esters is 1. The van der Waals surface area contributed by atoms with Gasteiger partial charge in [-0.2, -0.15) is 172 Å². The van der Waals surface area contributed by atoms with Crippen molar-refractivity contribution in [2.24, 2.45) is 9.98 Å². The van der Waals surface area contributed by atoms with Gasteiger partial charge in [0.25, 0.3) is 5.91 Å². The van der Waals surface area contributed by atoms with Crippen molar-refractivity contribution in [3.8, 4) is 0 Å². The molecular formula is C31H10F37N3O5. The number of hydrogen-bond acceptors (Lipinski definition) is 7. The first kappa shape index (κ1) is 68.3. The van der Waals surface area contributed by atoms with E-state index in [-0.39, 0.29) is 13.0 Å². The van der Waals surface area contributed by atoms with Crippen molar-refractivity contribution in [2.75, 3.05) is 6.73 Å². The van der Waals surface area contributed by atoms with Crippen LogP contribution in [0, 0.1) is 6.92 Å². The predicted octanol–water partition coefficient (Wildman–Crippen LogP) is 13.0. The molecule has 76 heavy (non-hydrogen) atoms. The molecule has 0 saturated carbocycles. The molecule has 1 aromatic rings. The lowest BCUT2D eigenvalue weighted by Crippen LogP contribution is -2.80. The average molecular weight is 1210 g/mol. The van der Waals surface area contributed by atoms with Crippen molar-refractivity contribution in [1.29, 1.82) is 0 Å². The van der Waals surface area contributed by atoms with Gasteiger partial charge in [0.1, 0.15) is 0 Å². The van der Waals surface area contributed by atoms with E-state index >= 15 is 17.6 Å². The summed E-state index contributed by atoms with van der Waals surface area (Å²) in [4.78, 5) is 49.9. The number of alkyl halides is 37.